The molecule has 0 unspecified atom stereocenters. The molecular weight excluding hydrogens is 422 g/mol. The third-order valence-corrected chi connectivity index (χ3v) is 4.90. The van der Waals surface area contributed by atoms with Crippen LogP contribution in [0.4, 0.5) is 11.4 Å². The molecule has 9 nitrogen and oxygen atoms in total. The molecule has 0 amide bonds. The molecule has 0 fully saturated rings. The number of anilines is 1. The Labute approximate surface area is 190 Å². The van der Waals surface area contributed by atoms with Crippen LogP contribution in [-0.4, -0.2) is 35.1 Å². The first-order valence-corrected chi connectivity index (χ1v) is 10.00. The molecule has 4 rings (SSSR count). The lowest BCUT2D eigenvalue weighted by atomic mass is 10.1. The van der Waals surface area contributed by atoms with E-state index in [9.17, 15) is 10.1 Å². The van der Waals surface area contributed by atoms with Crippen molar-refractivity contribution in [2.75, 3.05) is 19.6 Å². The zero-order valence-electron chi connectivity index (χ0n) is 18.0. The first-order valence-electron chi connectivity index (χ1n) is 10.00. The highest BCUT2D eigenvalue weighted by Gasteiger charge is 2.14. The van der Waals surface area contributed by atoms with Gasteiger partial charge in [0, 0.05) is 29.5 Å². The predicted molar refractivity (Wildman–Crippen MR) is 126 cm³/mol. The summed E-state index contributed by atoms with van der Waals surface area (Å²) in [5.41, 5.74) is 6.74. The third-order valence-electron chi connectivity index (χ3n) is 4.90. The van der Waals surface area contributed by atoms with Gasteiger partial charge in [-0.2, -0.15) is 10.2 Å². The minimum atomic E-state index is -0.444. The quantitative estimate of drug-likeness (QED) is 0.236. The summed E-state index contributed by atoms with van der Waals surface area (Å²) in [4.78, 5) is 10.4. The Morgan fingerprint density at radius 1 is 1.00 bits per heavy atom. The summed E-state index contributed by atoms with van der Waals surface area (Å²) < 4.78 is 12.6. The number of nitro groups is 1. The van der Waals surface area contributed by atoms with E-state index in [-0.39, 0.29) is 5.69 Å². The molecule has 4 aromatic rings. The van der Waals surface area contributed by atoms with E-state index in [0.717, 1.165) is 16.8 Å². The molecule has 9 heteroatoms. The van der Waals surface area contributed by atoms with Gasteiger partial charge in [0.2, 0.25) is 0 Å². The van der Waals surface area contributed by atoms with Crippen LogP contribution in [0.25, 0.3) is 16.9 Å². The standard InChI is InChI=1S/C24H21N5O4/c1-32-22-13-8-17(14-23(22)33-2)24-18(16-28(27-24)20-6-4-3-5-7-20)15-25-26-19-9-11-21(12-10-19)29(30)31/h3-16,26H,1-2H3. The molecular formula is C24H21N5O4. The van der Waals surface area contributed by atoms with E-state index in [2.05, 4.69) is 10.5 Å². The summed E-state index contributed by atoms with van der Waals surface area (Å²) in [7, 11) is 3.17. The first kappa shape index (κ1) is 21.6. The Bertz CT molecular complexity index is 1280. The Kier molecular flexibility index (Phi) is 6.31. The number of non-ortho nitro benzene ring substituents is 1. The average Bonchev–Trinajstić information content (AvgIpc) is 3.28. The van der Waals surface area contributed by atoms with Crippen molar-refractivity contribution < 1.29 is 14.4 Å². The van der Waals surface area contributed by atoms with Gasteiger partial charge >= 0.3 is 0 Å². The van der Waals surface area contributed by atoms with Gasteiger partial charge in [-0.1, -0.05) is 18.2 Å². The van der Waals surface area contributed by atoms with Crippen LogP contribution < -0.4 is 14.9 Å². The molecule has 0 aliphatic carbocycles. The predicted octanol–water partition coefficient (Wildman–Crippen LogP) is 4.91. The van der Waals surface area contributed by atoms with Crippen LogP contribution in [0.1, 0.15) is 5.56 Å². The van der Waals surface area contributed by atoms with E-state index in [1.54, 1.807) is 37.2 Å². The highest BCUT2D eigenvalue weighted by Crippen LogP contribution is 2.33. The Balaban J connectivity index is 1.68. The van der Waals surface area contributed by atoms with Crippen molar-refractivity contribution in [3.8, 4) is 28.4 Å². The van der Waals surface area contributed by atoms with Crippen molar-refractivity contribution >= 4 is 17.6 Å². The maximum atomic E-state index is 10.8. The molecule has 0 aliphatic heterocycles. The summed E-state index contributed by atoms with van der Waals surface area (Å²) in [6.45, 7) is 0. The molecule has 0 saturated heterocycles. The van der Waals surface area contributed by atoms with Crippen LogP contribution in [-0.2, 0) is 0 Å². The molecule has 0 aliphatic rings. The number of hydrogen-bond acceptors (Lipinski definition) is 7. The molecule has 0 saturated carbocycles. The number of para-hydroxylation sites is 1. The second kappa shape index (κ2) is 9.65. The second-order valence-electron chi connectivity index (χ2n) is 6.96. The minimum absolute atomic E-state index is 0.0180. The zero-order valence-corrected chi connectivity index (χ0v) is 18.0. The van der Waals surface area contributed by atoms with E-state index >= 15 is 0 Å². The maximum Gasteiger partial charge on any atom is 0.269 e. The van der Waals surface area contributed by atoms with E-state index in [1.165, 1.54) is 12.1 Å². The molecule has 0 spiro atoms. The van der Waals surface area contributed by atoms with Crippen LogP contribution in [0.3, 0.4) is 0 Å². The first-order chi connectivity index (χ1) is 16.1. The Morgan fingerprint density at radius 2 is 1.73 bits per heavy atom. The summed E-state index contributed by atoms with van der Waals surface area (Å²) >= 11 is 0. The van der Waals surface area contributed by atoms with E-state index in [1.807, 2.05) is 54.7 Å². The highest BCUT2D eigenvalue weighted by atomic mass is 16.6. The maximum absolute atomic E-state index is 10.8. The van der Waals surface area contributed by atoms with Gasteiger partial charge in [0.1, 0.15) is 5.69 Å². The number of hydrogen-bond donors (Lipinski definition) is 1. The zero-order chi connectivity index (χ0) is 23.2. The van der Waals surface area contributed by atoms with Crippen LogP contribution in [0, 0.1) is 10.1 Å². The molecule has 1 aromatic heterocycles. The normalized spacial score (nSPS) is 10.8. The number of hydrazone groups is 1. The second-order valence-corrected chi connectivity index (χ2v) is 6.96. The van der Waals surface area contributed by atoms with Gasteiger partial charge in [0.25, 0.3) is 5.69 Å². The van der Waals surface area contributed by atoms with Crippen molar-refractivity contribution in [1.29, 1.82) is 0 Å². The number of ether oxygens (including phenoxy) is 2. The molecule has 3 aromatic carbocycles. The van der Waals surface area contributed by atoms with Crippen LogP contribution in [0.15, 0.2) is 84.1 Å². The van der Waals surface area contributed by atoms with Crippen molar-refractivity contribution in [3.05, 3.63) is 94.7 Å². The monoisotopic (exact) mass is 443 g/mol. The van der Waals surface area contributed by atoms with Crippen LogP contribution in [0.2, 0.25) is 0 Å². The topological polar surface area (TPSA) is 104 Å². The molecule has 166 valence electrons. The van der Waals surface area contributed by atoms with Crippen molar-refractivity contribution in [2.24, 2.45) is 5.10 Å². The summed E-state index contributed by atoms with van der Waals surface area (Å²) in [6, 6.07) is 21.4. The average molecular weight is 443 g/mol. The fourth-order valence-electron chi connectivity index (χ4n) is 3.24. The summed E-state index contributed by atoms with van der Waals surface area (Å²) in [5.74, 6) is 1.22. The van der Waals surface area contributed by atoms with Gasteiger partial charge < -0.3 is 9.47 Å². The lowest BCUT2D eigenvalue weighted by molar-refractivity contribution is -0.384. The van der Waals surface area contributed by atoms with Crippen molar-refractivity contribution in [3.63, 3.8) is 0 Å². The molecule has 33 heavy (non-hydrogen) atoms. The Morgan fingerprint density at radius 3 is 2.39 bits per heavy atom. The molecule has 0 bridgehead atoms. The van der Waals surface area contributed by atoms with E-state index in [4.69, 9.17) is 14.6 Å². The number of nitrogens with zero attached hydrogens (tertiary/aromatic N) is 4. The molecule has 1 heterocycles. The van der Waals surface area contributed by atoms with Crippen LogP contribution in [0.5, 0.6) is 11.5 Å². The SMILES string of the molecule is COc1ccc(-c2nn(-c3ccccc3)cc2C=NNc2ccc([N+](=O)[O-])cc2)cc1OC. The largest absolute Gasteiger partial charge is 0.493 e. The smallest absolute Gasteiger partial charge is 0.269 e. The molecule has 0 atom stereocenters. The molecule has 1 N–H and O–H groups in total. The lowest BCUT2D eigenvalue weighted by Gasteiger charge is -2.09. The number of nitro benzene ring substituents is 1. The highest BCUT2D eigenvalue weighted by molar-refractivity contribution is 5.89. The number of rotatable bonds is 8. The summed E-state index contributed by atoms with van der Waals surface area (Å²) in [6.07, 6.45) is 3.53. The number of benzene rings is 3. The van der Waals surface area contributed by atoms with Crippen LogP contribution >= 0.6 is 0 Å². The van der Waals surface area contributed by atoms with E-state index < -0.39 is 4.92 Å². The van der Waals surface area contributed by atoms with Gasteiger partial charge in [-0.3, -0.25) is 15.5 Å². The number of nitrogens with one attached hydrogen (secondary N) is 1. The van der Waals surface area contributed by atoms with Gasteiger partial charge in [0.15, 0.2) is 11.5 Å². The van der Waals surface area contributed by atoms with Gasteiger partial charge in [0.05, 0.1) is 36.7 Å². The van der Waals surface area contributed by atoms with Gasteiger partial charge in [-0.05, 0) is 42.5 Å². The molecule has 0 radical (unpaired) electrons. The third kappa shape index (κ3) is 4.82. The van der Waals surface area contributed by atoms with Crippen molar-refractivity contribution in [1.82, 2.24) is 9.78 Å². The summed E-state index contributed by atoms with van der Waals surface area (Å²) in [5, 5.41) is 19.9. The Hall–Kier alpha value is -4.66. The number of methoxy groups -OCH3 is 2. The number of aromatic nitrogens is 2. The fourth-order valence-corrected chi connectivity index (χ4v) is 3.24. The minimum Gasteiger partial charge on any atom is -0.493 e. The van der Waals surface area contributed by atoms with Crippen molar-refractivity contribution in [2.45, 2.75) is 0 Å². The fraction of sp³-hybridized carbons (Fsp3) is 0.0833. The van der Waals surface area contributed by atoms with Gasteiger partial charge in [-0.25, -0.2) is 4.68 Å². The van der Waals surface area contributed by atoms with Gasteiger partial charge in [-0.15, -0.1) is 0 Å². The van der Waals surface area contributed by atoms with E-state index in [0.29, 0.717) is 22.9 Å². The lowest BCUT2D eigenvalue weighted by Crippen LogP contribution is -1.95.